The highest BCUT2D eigenvalue weighted by Crippen LogP contribution is 2.13. The van der Waals surface area contributed by atoms with E-state index < -0.39 is 0 Å². The molecule has 3 N–H and O–H groups in total. The van der Waals surface area contributed by atoms with Crippen LogP contribution in [0.15, 0.2) is 18.3 Å². The molecule has 0 atom stereocenters. The second kappa shape index (κ2) is 6.20. The number of carbonyl (C=O) groups is 1. The quantitative estimate of drug-likeness (QED) is 0.804. The van der Waals surface area contributed by atoms with E-state index in [1.54, 1.807) is 6.20 Å². The summed E-state index contributed by atoms with van der Waals surface area (Å²) in [7, 11) is 0. The molecule has 0 bridgehead atoms. The van der Waals surface area contributed by atoms with Crippen molar-refractivity contribution in [2.24, 2.45) is 0 Å². The Hall–Kier alpha value is -1.82. The molecule has 98 valence electrons. The van der Waals surface area contributed by atoms with Crippen LogP contribution in [0.3, 0.4) is 0 Å². The van der Waals surface area contributed by atoms with Gasteiger partial charge in [0, 0.05) is 32.3 Å². The van der Waals surface area contributed by atoms with Crippen molar-refractivity contribution in [3.8, 4) is 0 Å². The number of rotatable bonds is 4. The Balaban J connectivity index is 1.75. The second-order valence-electron chi connectivity index (χ2n) is 4.11. The molecule has 0 aromatic carbocycles. The number of ether oxygens (including phenoxy) is 1. The van der Waals surface area contributed by atoms with Gasteiger partial charge in [0.1, 0.15) is 5.82 Å². The van der Waals surface area contributed by atoms with Crippen LogP contribution in [0, 0.1) is 0 Å². The number of anilines is 2. The minimum Gasteiger partial charge on any atom is -0.382 e. The molecule has 1 aliphatic rings. The number of nitrogens with one attached hydrogen (secondary N) is 1. The number of nitrogens with two attached hydrogens (primary N) is 1. The lowest BCUT2D eigenvalue weighted by Gasteiger charge is -2.26. The number of morpholine rings is 1. The first-order valence-electron chi connectivity index (χ1n) is 6.07. The zero-order valence-corrected chi connectivity index (χ0v) is 10.3. The lowest BCUT2D eigenvalue weighted by atomic mass is 10.3. The average molecular weight is 250 g/mol. The van der Waals surface area contributed by atoms with Crippen molar-refractivity contribution in [3.05, 3.63) is 18.3 Å². The van der Waals surface area contributed by atoms with Gasteiger partial charge in [-0.05, 0) is 12.1 Å². The van der Waals surface area contributed by atoms with E-state index in [0.717, 1.165) is 5.69 Å². The fraction of sp³-hybridized carbons (Fsp3) is 0.500. The van der Waals surface area contributed by atoms with Gasteiger partial charge >= 0.3 is 0 Å². The van der Waals surface area contributed by atoms with E-state index in [-0.39, 0.29) is 5.91 Å². The number of amides is 1. The Morgan fingerprint density at radius 3 is 3.00 bits per heavy atom. The summed E-state index contributed by atoms with van der Waals surface area (Å²) < 4.78 is 5.21. The Morgan fingerprint density at radius 1 is 1.50 bits per heavy atom. The van der Waals surface area contributed by atoms with Gasteiger partial charge in [-0.25, -0.2) is 4.98 Å². The number of carbonyl (C=O) groups excluding carboxylic acids is 1. The smallest absolute Gasteiger partial charge is 0.224 e. The van der Waals surface area contributed by atoms with Crippen molar-refractivity contribution in [1.29, 1.82) is 0 Å². The topological polar surface area (TPSA) is 80.5 Å². The van der Waals surface area contributed by atoms with Crippen LogP contribution in [0.2, 0.25) is 0 Å². The first kappa shape index (κ1) is 12.6. The molecule has 0 unspecified atom stereocenters. The van der Waals surface area contributed by atoms with Gasteiger partial charge in [0.2, 0.25) is 5.91 Å². The van der Waals surface area contributed by atoms with Crippen LogP contribution in [0.4, 0.5) is 11.5 Å². The lowest BCUT2D eigenvalue weighted by molar-refractivity contribution is -0.134. The number of nitrogens with zero attached hydrogens (tertiary/aromatic N) is 2. The van der Waals surface area contributed by atoms with E-state index in [4.69, 9.17) is 10.5 Å². The minimum absolute atomic E-state index is 0.147. The summed E-state index contributed by atoms with van der Waals surface area (Å²) in [6, 6.07) is 3.66. The Kier molecular flexibility index (Phi) is 4.35. The van der Waals surface area contributed by atoms with E-state index in [0.29, 0.717) is 45.1 Å². The van der Waals surface area contributed by atoms with Gasteiger partial charge in [0.05, 0.1) is 18.9 Å². The van der Waals surface area contributed by atoms with E-state index >= 15 is 0 Å². The summed E-state index contributed by atoms with van der Waals surface area (Å²) in [5.41, 5.74) is 6.47. The highest BCUT2D eigenvalue weighted by molar-refractivity contribution is 5.77. The average Bonchev–Trinajstić information content (AvgIpc) is 2.42. The Morgan fingerprint density at radius 2 is 2.28 bits per heavy atom. The molecule has 18 heavy (non-hydrogen) atoms. The van der Waals surface area contributed by atoms with Crippen molar-refractivity contribution >= 4 is 17.4 Å². The summed E-state index contributed by atoms with van der Waals surface area (Å²) >= 11 is 0. The predicted molar refractivity (Wildman–Crippen MR) is 69.2 cm³/mol. The number of pyridine rings is 1. The maximum absolute atomic E-state index is 11.9. The monoisotopic (exact) mass is 250 g/mol. The number of nitrogen functional groups attached to an aromatic ring is 1. The summed E-state index contributed by atoms with van der Waals surface area (Å²) in [6.07, 6.45) is 2.09. The van der Waals surface area contributed by atoms with Gasteiger partial charge in [-0.15, -0.1) is 0 Å². The first-order valence-corrected chi connectivity index (χ1v) is 6.07. The second-order valence-corrected chi connectivity index (χ2v) is 4.11. The Labute approximate surface area is 106 Å². The molecule has 1 saturated heterocycles. The molecule has 0 aliphatic carbocycles. The number of aromatic nitrogens is 1. The lowest BCUT2D eigenvalue weighted by Crippen LogP contribution is -2.41. The zero-order valence-electron chi connectivity index (χ0n) is 10.3. The van der Waals surface area contributed by atoms with Gasteiger partial charge in [-0.3, -0.25) is 4.79 Å². The fourth-order valence-corrected chi connectivity index (χ4v) is 1.84. The predicted octanol–water partition coefficient (Wildman–Crippen LogP) is 0.325. The molecule has 1 aliphatic heterocycles. The highest BCUT2D eigenvalue weighted by Gasteiger charge is 2.15. The van der Waals surface area contributed by atoms with Crippen LogP contribution >= 0.6 is 0 Å². The molecular weight excluding hydrogens is 232 g/mol. The maximum Gasteiger partial charge on any atom is 0.224 e. The standard InChI is InChI=1S/C12H18N4O2/c13-12-10(2-1-4-15-12)14-5-3-11(17)16-6-8-18-9-7-16/h1-2,4,14H,3,5-9H2,(H2,13,15). The first-order chi connectivity index (χ1) is 8.77. The zero-order chi connectivity index (χ0) is 12.8. The third kappa shape index (κ3) is 3.33. The molecule has 1 aromatic heterocycles. The van der Waals surface area contributed by atoms with E-state index in [1.807, 2.05) is 17.0 Å². The summed E-state index contributed by atoms with van der Waals surface area (Å²) in [5, 5.41) is 3.12. The molecule has 0 saturated carbocycles. The van der Waals surface area contributed by atoms with Crippen molar-refractivity contribution < 1.29 is 9.53 Å². The van der Waals surface area contributed by atoms with Crippen LogP contribution < -0.4 is 11.1 Å². The van der Waals surface area contributed by atoms with E-state index in [2.05, 4.69) is 10.3 Å². The molecule has 1 fully saturated rings. The molecule has 6 heteroatoms. The largest absolute Gasteiger partial charge is 0.382 e. The molecule has 2 rings (SSSR count). The summed E-state index contributed by atoms with van der Waals surface area (Å²) in [6.45, 7) is 3.21. The van der Waals surface area contributed by atoms with Crippen molar-refractivity contribution in [1.82, 2.24) is 9.88 Å². The van der Waals surface area contributed by atoms with Crippen molar-refractivity contribution in [3.63, 3.8) is 0 Å². The molecular formula is C12H18N4O2. The maximum atomic E-state index is 11.9. The number of hydrogen-bond donors (Lipinski definition) is 2. The van der Waals surface area contributed by atoms with Crippen LogP contribution in [-0.4, -0.2) is 48.6 Å². The summed E-state index contributed by atoms with van der Waals surface area (Å²) in [4.78, 5) is 17.7. The normalized spacial score (nSPS) is 15.4. The molecule has 2 heterocycles. The van der Waals surface area contributed by atoms with Gasteiger partial charge in [-0.2, -0.15) is 0 Å². The fourth-order valence-electron chi connectivity index (χ4n) is 1.84. The van der Waals surface area contributed by atoms with Crippen LogP contribution in [0.25, 0.3) is 0 Å². The minimum atomic E-state index is 0.147. The SMILES string of the molecule is Nc1ncccc1NCCC(=O)N1CCOCC1. The third-order valence-electron chi connectivity index (χ3n) is 2.86. The molecule has 6 nitrogen and oxygen atoms in total. The molecule has 0 spiro atoms. The van der Waals surface area contributed by atoms with Crippen LogP contribution in [-0.2, 0) is 9.53 Å². The highest BCUT2D eigenvalue weighted by atomic mass is 16.5. The van der Waals surface area contributed by atoms with E-state index in [1.165, 1.54) is 0 Å². The van der Waals surface area contributed by atoms with E-state index in [9.17, 15) is 4.79 Å². The summed E-state index contributed by atoms with van der Waals surface area (Å²) in [5.74, 6) is 0.601. The molecule has 1 amide bonds. The molecule has 1 aromatic rings. The van der Waals surface area contributed by atoms with Crippen LogP contribution in [0.1, 0.15) is 6.42 Å². The van der Waals surface area contributed by atoms with Gasteiger partial charge in [-0.1, -0.05) is 0 Å². The van der Waals surface area contributed by atoms with Gasteiger partial charge in [0.15, 0.2) is 0 Å². The van der Waals surface area contributed by atoms with Gasteiger partial charge < -0.3 is 20.7 Å². The third-order valence-corrected chi connectivity index (χ3v) is 2.86. The Bertz CT molecular complexity index is 405. The number of hydrogen-bond acceptors (Lipinski definition) is 5. The molecule has 0 radical (unpaired) electrons. The van der Waals surface area contributed by atoms with Crippen LogP contribution in [0.5, 0.6) is 0 Å². The van der Waals surface area contributed by atoms with Crippen molar-refractivity contribution in [2.45, 2.75) is 6.42 Å². The van der Waals surface area contributed by atoms with Gasteiger partial charge in [0.25, 0.3) is 0 Å². The van der Waals surface area contributed by atoms with Crippen molar-refractivity contribution in [2.75, 3.05) is 43.9 Å².